The van der Waals surface area contributed by atoms with Gasteiger partial charge >= 0.3 is 0 Å². The zero-order valence-corrected chi connectivity index (χ0v) is 80.9. The van der Waals surface area contributed by atoms with Crippen LogP contribution in [0.1, 0.15) is 175 Å². The molecular formula is C119H137N9O10. The summed E-state index contributed by atoms with van der Waals surface area (Å²) < 4.78 is 28.2. The average molecular weight is 1850 g/mol. The maximum atomic E-state index is 13.0. The number of carbonyl (C=O) groups is 5. The minimum atomic E-state index is -0.407. The molecule has 0 aliphatic heterocycles. The van der Waals surface area contributed by atoms with E-state index in [9.17, 15) is 24.0 Å². The Morgan fingerprint density at radius 3 is 0.899 bits per heavy atom. The molecule has 15 aromatic carbocycles. The molecule has 16 rings (SSSR count). The summed E-state index contributed by atoms with van der Waals surface area (Å²) in [5, 5.41) is 26.5. The van der Waals surface area contributed by atoms with Crippen molar-refractivity contribution in [1.29, 1.82) is 0 Å². The molecule has 1 aliphatic carbocycles. The van der Waals surface area contributed by atoms with E-state index in [0.29, 0.717) is 51.9 Å². The number of hydrogen-bond donors (Lipinski definition) is 8. The van der Waals surface area contributed by atoms with Gasteiger partial charge in [-0.3, -0.25) is 28.9 Å². The molecule has 1 saturated carbocycles. The summed E-state index contributed by atoms with van der Waals surface area (Å²) >= 11 is 0. The van der Waals surface area contributed by atoms with E-state index in [2.05, 4.69) is 75.1 Å². The van der Waals surface area contributed by atoms with Crippen LogP contribution in [0.5, 0.6) is 0 Å². The maximum Gasteiger partial charge on any atom is 0.246 e. The van der Waals surface area contributed by atoms with Crippen molar-refractivity contribution in [3.63, 3.8) is 0 Å². The van der Waals surface area contributed by atoms with E-state index in [-0.39, 0.29) is 98.4 Å². The number of nitrogens with zero attached hydrogens (tertiary/aromatic N) is 1. The van der Waals surface area contributed by atoms with Gasteiger partial charge in [0.1, 0.15) is 6.04 Å². The van der Waals surface area contributed by atoms with Crippen LogP contribution >= 0.6 is 0 Å². The highest BCUT2D eigenvalue weighted by Crippen LogP contribution is 2.48. The lowest BCUT2D eigenvalue weighted by molar-refractivity contribution is -0.121. The fourth-order valence-electron chi connectivity index (χ4n) is 16.0. The van der Waals surface area contributed by atoms with Gasteiger partial charge in [0.05, 0.1) is 81.3 Å². The predicted molar refractivity (Wildman–Crippen MR) is 569 cm³/mol. The van der Waals surface area contributed by atoms with E-state index in [4.69, 9.17) is 40.9 Å². The van der Waals surface area contributed by atoms with Crippen LogP contribution in [0, 0.1) is 5.92 Å². The van der Waals surface area contributed by atoms with Gasteiger partial charge in [0.25, 0.3) is 0 Å². The predicted octanol–water partition coefficient (Wildman–Crippen LogP) is 24.9. The Bertz CT molecular complexity index is 6420. The molecule has 19 heteroatoms. The Labute approximate surface area is 815 Å². The van der Waals surface area contributed by atoms with Gasteiger partial charge in [-0.15, -0.1) is 0 Å². The van der Waals surface area contributed by atoms with Gasteiger partial charge in [-0.05, 0) is 279 Å². The maximum absolute atomic E-state index is 13.0. The smallest absolute Gasteiger partial charge is 0.246 e. The second kappa shape index (κ2) is 52.8. The Morgan fingerprint density at radius 1 is 0.297 bits per heavy atom. The molecule has 11 N–H and O–H groups in total. The molecule has 0 heterocycles. The second-order valence-electron chi connectivity index (χ2n) is 36.3. The summed E-state index contributed by atoms with van der Waals surface area (Å²) in [6.07, 6.45) is 2.49. The first-order valence-corrected chi connectivity index (χ1v) is 47.5. The van der Waals surface area contributed by atoms with Gasteiger partial charge in [-0.1, -0.05) is 280 Å². The van der Waals surface area contributed by atoms with E-state index in [1.807, 2.05) is 373 Å². The van der Waals surface area contributed by atoms with Gasteiger partial charge in [-0.25, -0.2) is 0 Å². The van der Waals surface area contributed by atoms with Crippen LogP contribution in [-0.2, 0) is 80.7 Å². The number of nitrogens with one attached hydrogen (secondary N) is 5. The molecule has 0 radical (unpaired) electrons. The number of rotatable bonds is 35. The molecule has 19 nitrogen and oxygen atoms in total. The third-order valence-electron chi connectivity index (χ3n) is 23.6. The zero-order chi connectivity index (χ0) is 97.3. The number of hydrogen-bond acceptors (Lipinski definition) is 14. The van der Waals surface area contributed by atoms with Crippen molar-refractivity contribution < 1.29 is 47.7 Å². The van der Waals surface area contributed by atoms with Crippen LogP contribution in [0.4, 0.5) is 28.4 Å². The third kappa shape index (κ3) is 31.8. The zero-order valence-electron chi connectivity index (χ0n) is 80.9. The number of carbonyl (C=O) groups excluding carboxylic acids is 5. The van der Waals surface area contributed by atoms with E-state index in [1.54, 1.807) is 0 Å². The number of likely N-dealkylation sites (N-methyl/N-ethyl adjacent to an activating group) is 1. The number of benzene rings is 15. The highest BCUT2D eigenvalue weighted by atomic mass is 16.5. The van der Waals surface area contributed by atoms with E-state index in [0.717, 1.165) is 128 Å². The second-order valence-corrected chi connectivity index (χ2v) is 36.3. The van der Waals surface area contributed by atoms with Gasteiger partial charge in [0.15, 0.2) is 0 Å². The van der Waals surface area contributed by atoms with Crippen LogP contribution < -0.4 is 43.8 Å². The minimum Gasteiger partial charge on any atom is -0.374 e. The van der Waals surface area contributed by atoms with Crippen LogP contribution in [-0.4, -0.2) is 98.7 Å². The van der Waals surface area contributed by atoms with Gasteiger partial charge < -0.3 is 67.5 Å². The van der Waals surface area contributed by atoms with Crippen molar-refractivity contribution in [3.8, 4) is 0 Å². The lowest BCUT2D eigenvalue weighted by Crippen LogP contribution is -2.32. The molecule has 0 unspecified atom stereocenters. The third-order valence-corrected chi connectivity index (χ3v) is 23.6. The van der Waals surface area contributed by atoms with Crippen molar-refractivity contribution in [2.75, 3.05) is 60.3 Å². The number of fused-ring (bicyclic) bond motifs is 5. The largest absolute Gasteiger partial charge is 0.374 e. The molecule has 5 amide bonds. The highest BCUT2D eigenvalue weighted by Gasteiger charge is 2.44. The average Bonchev–Trinajstić information content (AvgIpc) is 1.63. The van der Waals surface area contributed by atoms with Crippen LogP contribution in [0.15, 0.2) is 334 Å². The minimum absolute atomic E-state index is 0. The molecule has 138 heavy (non-hydrogen) atoms. The highest BCUT2D eigenvalue weighted by molar-refractivity contribution is 6.02. The quantitative estimate of drug-likeness (QED) is 0.0184. The monoisotopic (exact) mass is 1850 g/mol. The lowest BCUT2D eigenvalue weighted by atomic mass is 9.93. The molecule has 0 saturated heterocycles. The number of anilines is 5. The fourth-order valence-corrected chi connectivity index (χ4v) is 16.0. The molecule has 1 fully saturated rings. The normalized spacial score (nSPS) is 13.5. The van der Waals surface area contributed by atoms with Crippen LogP contribution in [0.25, 0.3) is 53.9 Å². The Hall–Kier alpha value is -13.4. The van der Waals surface area contributed by atoms with Gasteiger partial charge in [0, 0.05) is 47.4 Å². The molecule has 15 aromatic rings. The molecule has 0 aromatic heterocycles. The van der Waals surface area contributed by atoms with Crippen molar-refractivity contribution in [2.45, 2.75) is 183 Å². The first-order valence-electron chi connectivity index (χ1n) is 47.5. The Balaban J connectivity index is 0.000000165. The molecular weight excluding hydrogens is 1720 g/mol. The SMILES string of the molecule is C.CC(C)OCc1ccc([C@@H](CCN)C(=O)Nc2ccc3ccccc3c2)cc1.CC(C)OCc1ccc([C@@H](CN)C(=O)Nc2ccc3ccccc3c2)cc1.CC(C)OCc1ccc([C@@H]2C[C@H]2C(=O)Nc2ccc3ccccc3c2)cc1.CC(C)OCc1ccc([C@H](C(=O)Nc2ccc3ccccc3c2)N(C)C)cc1.CC(C)OCc1cccc([C@@H](CN)C(=O)Nc2ccc3ccccc3c2)c1. The van der Waals surface area contributed by atoms with E-state index in [1.165, 1.54) is 16.5 Å². The Morgan fingerprint density at radius 2 is 0.580 bits per heavy atom. The lowest BCUT2D eigenvalue weighted by Gasteiger charge is -2.24. The van der Waals surface area contributed by atoms with E-state index < -0.39 is 11.8 Å². The first-order chi connectivity index (χ1) is 66.2. The summed E-state index contributed by atoms with van der Waals surface area (Å²) in [6.45, 7) is 24.0. The summed E-state index contributed by atoms with van der Waals surface area (Å²) in [6, 6.07) is 110. The molecule has 0 spiro atoms. The van der Waals surface area contributed by atoms with Gasteiger partial charge in [0.2, 0.25) is 29.5 Å². The summed E-state index contributed by atoms with van der Waals surface area (Å²) in [5.41, 5.74) is 32.1. The van der Waals surface area contributed by atoms with Crippen LogP contribution in [0.3, 0.4) is 0 Å². The van der Waals surface area contributed by atoms with Crippen molar-refractivity contribution in [1.82, 2.24) is 4.90 Å². The standard InChI is InChI=1S/2C24H28N2O2.C24H25NO2.2C23H26N2O2.CH4/c1-17(2)28-16-18-9-11-20(12-10-18)23(26(3)4)24(27)25-22-14-13-19-7-5-6-8-21(19)15-22;1-17(2)28-16-18-7-9-20(10-8-18)23(13-14-25)24(27)26-22-12-11-19-5-3-4-6-21(19)15-22;1-16(2)27-15-17-7-9-19(10-8-17)22-14-23(22)24(26)25-21-12-11-18-5-3-4-6-20(18)13-21;1-16(2)27-15-17-6-5-9-20(12-17)22(14-24)23(26)25-21-11-10-18-7-3-4-8-19(18)13-21;1-16(2)27-15-17-7-9-19(10-8-17)22(14-24)23(26)25-21-12-11-18-5-3-4-6-20(18)13-21;/h5-15,17,23H,16H2,1-4H3,(H,25,27);3-12,15,17,23H,13-14,16,25H2,1-2H3,(H,26,27);3-13,16,22-23H,14-15H2,1-2H3,(H,25,26);2*3-13,16,22H,14-15,24H2,1-2H3,(H,25,26);1H4/t2*23-;22-,23+;2*22-;/m11011./s1. The molecule has 1 aliphatic rings. The number of nitrogens with two attached hydrogens (primary N) is 3. The summed E-state index contributed by atoms with van der Waals surface area (Å²) in [4.78, 5) is 66.1. The Kier molecular flexibility index (Phi) is 40.2. The summed E-state index contributed by atoms with van der Waals surface area (Å²) in [7, 11) is 3.83. The molecule has 0 bridgehead atoms. The summed E-state index contributed by atoms with van der Waals surface area (Å²) in [5.74, 6) is -0.863. The first kappa shape index (κ1) is 105. The molecule has 718 valence electrons. The van der Waals surface area contributed by atoms with Crippen molar-refractivity contribution >= 4 is 112 Å². The van der Waals surface area contributed by atoms with Crippen LogP contribution in [0.2, 0.25) is 0 Å². The van der Waals surface area contributed by atoms with Crippen molar-refractivity contribution in [2.24, 2.45) is 23.1 Å². The molecule has 6 atom stereocenters. The number of ether oxygens (including phenoxy) is 5. The van der Waals surface area contributed by atoms with Crippen molar-refractivity contribution in [3.05, 3.63) is 389 Å². The van der Waals surface area contributed by atoms with E-state index >= 15 is 0 Å². The van der Waals surface area contributed by atoms with Gasteiger partial charge in [-0.2, -0.15) is 0 Å². The number of amides is 5. The topological polar surface area (TPSA) is 273 Å². The fraction of sp³-hybridized carbons (Fsp3) is 0.286.